The van der Waals surface area contributed by atoms with Gasteiger partial charge in [-0.3, -0.25) is 4.90 Å². The molecule has 32 heavy (non-hydrogen) atoms. The van der Waals surface area contributed by atoms with Crippen LogP contribution in [0.25, 0.3) is 0 Å². The molecule has 1 heterocycles. The number of hydrogen-bond donors (Lipinski definition) is 0. The van der Waals surface area contributed by atoms with Gasteiger partial charge in [-0.1, -0.05) is 66.7 Å². The minimum Gasteiger partial charge on any atom is -0.486 e. The van der Waals surface area contributed by atoms with E-state index in [4.69, 9.17) is 14.2 Å². The Hall–Kier alpha value is -2.82. The van der Waals surface area contributed by atoms with Crippen LogP contribution in [0.2, 0.25) is 0 Å². The first kappa shape index (κ1) is 22.4. The van der Waals surface area contributed by atoms with Gasteiger partial charge in [-0.15, -0.1) is 0 Å². The highest BCUT2D eigenvalue weighted by Crippen LogP contribution is 2.31. The van der Waals surface area contributed by atoms with E-state index < -0.39 is 0 Å². The van der Waals surface area contributed by atoms with Crippen molar-refractivity contribution in [3.8, 4) is 11.5 Å². The summed E-state index contributed by atoms with van der Waals surface area (Å²) in [6.45, 7) is 7.27. The van der Waals surface area contributed by atoms with Crippen LogP contribution in [0.5, 0.6) is 11.5 Å². The van der Waals surface area contributed by atoms with Crippen molar-refractivity contribution in [2.45, 2.75) is 31.9 Å². The highest BCUT2D eigenvalue weighted by molar-refractivity contribution is 5.43. The van der Waals surface area contributed by atoms with Crippen LogP contribution in [0.4, 0.5) is 0 Å². The lowest BCUT2D eigenvalue weighted by atomic mass is 10.00. The molecule has 0 N–H and O–H groups in total. The van der Waals surface area contributed by atoms with Gasteiger partial charge in [0.1, 0.15) is 19.3 Å². The van der Waals surface area contributed by atoms with E-state index >= 15 is 0 Å². The summed E-state index contributed by atoms with van der Waals surface area (Å²) in [6.07, 6.45) is 0.861. The van der Waals surface area contributed by atoms with E-state index in [0.29, 0.717) is 19.8 Å². The number of nitrogens with zero attached hydrogens (tertiary/aromatic N) is 1. The van der Waals surface area contributed by atoms with Crippen molar-refractivity contribution in [2.24, 2.45) is 0 Å². The predicted octanol–water partition coefficient (Wildman–Crippen LogP) is 5.52. The molecule has 3 aromatic rings. The minimum atomic E-state index is -0.115. The Kier molecular flexibility index (Phi) is 7.13. The van der Waals surface area contributed by atoms with E-state index in [0.717, 1.165) is 24.5 Å². The average molecular weight is 432 g/mol. The van der Waals surface area contributed by atoms with Crippen molar-refractivity contribution in [2.75, 3.05) is 33.4 Å². The Morgan fingerprint density at radius 2 is 1.44 bits per heavy atom. The highest BCUT2D eigenvalue weighted by Gasteiger charge is 2.26. The Morgan fingerprint density at radius 3 is 2.06 bits per heavy atom. The van der Waals surface area contributed by atoms with E-state index in [-0.39, 0.29) is 11.6 Å². The topological polar surface area (TPSA) is 30.9 Å². The molecule has 0 aromatic heterocycles. The quantitative estimate of drug-likeness (QED) is 0.447. The summed E-state index contributed by atoms with van der Waals surface area (Å²) in [5.41, 5.74) is 3.49. The molecule has 0 fully saturated rings. The molecule has 1 aliphatic heterocycles. The summed E-state index contributed by atoms with van der Waals surface area (Å²) >= 11 is 0. The average Bonchev–Trinajstić information content (AvgIpc) is 2.84. The Bertz CT molecular complexity index is 949. The van der Waals surface area contributed by atoms with Gasteiger partial charge in [0.05, 0.1) is 6.61 Å². The van der Waals surface area contributed by atoms with Gasteiger partial charge in [-0.2, -0.15) is 0 Å². The van der Waals surface area contributed by atoms with E-state index in [1.54, 1.807) is 0 Å². The number of rotatable bonds is 9. The zero-order valence-electron chi connectivity index (χ0n) is 19.3. The second kappa shape index (κ2) is 10.2. The number of likely N-dealkylation sites (N-methyl/N-ethyl adjacent to an activating group) is 1. The second-order valence-corrected chi connectivity index (χ2v) is 8.97. The fourth-order valence-corrected chi connectivity index (χ4v) is 3.88. The van der Waals surface area contributed by atoms with Gasteiger partial charge in [0.2, 0.25) is 0 Å². The first-order chi connectivity index (χ1) is 15.5. The molecule has 0 radical (unpaired) electrons. The second-order valence-electron chi connectivity index (χ2n) is 8.97. The number of benzene rings is 3. The van der Waals surface area contributed by atoms with E-state index in [1.165, 1.54) is 16.7 Å². The Balaban J connectivity index is 1.38. The maximum absolute atomic E-state index is 6.55. The van der Waals surface area contributed by atoms with Crippen LogP contribution in [-0.4, -0.2) is 43.9 Å². The van der Waals surface area contributed by atoms with E-state index in [2.05, 4.69) is 86.5 Å². The van der Waals surface area contributed by atoms with Gasteiger partial charge in [0, 0.05) is 12.1 Å². The molecular formula is C28H33NO3. The van der Waals surface area contributed by atoms with Crippen LogP contribution >= 0.6 is 0 Å². The summed E-state index contributed by atoms with van der Waals surface area (Å²) in [7, 11) is 2.17. The molecular weight excluding hydrogens is 398 g/mol. The molecule has 0 aliphatic carbocycles. The standard InChI is InChI=1S/C28H33NO3/c1-28(2,29(3)17-16-22-14-15-25-26(20-22)31-19-18-30-25)21-32-27(23-10-6-4-7-11-23)24-12-8-5-9-13-24/h4-15,20,27H,16-19,21H2,1-3H3. The van der Waals surface area contributed by atoms with Crippen LogP contribution in [0.15, 0.2) is 78.9 Å². The van der Waals surface area contributed by atoms with Gasteiger partial charge in [0.25, 0.3) is 0 Å². The summed E-state index contributed by atoms with van der Waals surface area (Å²) < 4.78 is 17.9. The van der Waals surface area contributed by atoms with Crippen LogP contribution in [0, 0.1) is 0 Å². The summed E-state index contributed by atoms with van der Waals surface area (Å²) in [6, 6.07) is 27.2. The van der Waals surface area contributed by atoms with E-state index in [1.807, 2.05) is 18.2 Å². The van der Waals surface area contributed by atoms with Crippen molar-refractivity contribution in [1.29, 1.82) is 0 Å². The fraction of sp³-hybridized carbons (Fsp3) is 0.357. The fourth-order valence-electron chi connectivity index (χ4n) is 3.88. The zero-order valence-corrected chi connectivity index (χ0v) is 19.3. The molecule has 4 rings (SSSR count). The number of hydrogen-bond acceptors (Lipinski definition) is 4. The molecule has 4 heteroatoms. The monoisotopic (exact) mass is 431 g/mol. The van der Waals surface area contributed by atoms with Crippen molar-refractivity contribution < 1.29 is 14.2 Å². The maximum Gasteiger partial charge on any atom is 0.161 e. The van der Waals surface area contributed by atoms with Gasteiger partial charge in [0.15, 0.2) is 11.5 Å². The maximum atomic E-state index is 6.55. The molecule has 168 valence electrons. The van der Waals surface area contributed by atoms with Crippen molar-refractivity contribution >= 4 is 0 Å². The molecule has 4 nitrogen and oxygen atoms in total. The predicted molar refractivity (Wildman–Crippen MR) is 129 cm³/mol. The zero-order chi connectivity index (χ0) is 22.4. The van der Waals surface area contributed by atoms with Gasteiger partial charge >= 0.3 is 0 Å². The lowest BCUT2D eigenvalue weighted by Crippen LogP contribution is -2.46. The Labute approximate surface area is 191 Å². The van der Waals surface area contributed by atoms with Gasteiger partial charge in [-0.05, 0) is 56.1 Å². The smallest absolute Gasteiger partial charge is 0.161 e. The van der Waals surface area contributed by atoms with Gasteiger partial charge < -0.3 is 14.2 Å². The summed E-state index contributed by atoms with van der Waals surface area (Å²) in [5, 5.41) is 0. The largest absolute Gasteiger partial charge is 0.486 e. The highest BCUT2D eigenvalue weighted by atomic mass is 16.6. The molecule has 0 atom stereocenters. The molecule has 0 unspecified atom stereocenters. The molecule has 0 spiro atoms. The van der Waals surface area contributed by atoms with Crippen LogP contribution in [0.1, 0.15) is 36.6 Å². The normalized spacial score (nSPS) is 13.5. The summed E-state index contributed by atoms with van der Waals surface area (Å²) in [5.74, 6) is 1.70. The van der Waals surface area contributed by atoms with Crippen molar-refractivity contribution in [3.63, 3.8) is 0 Å². The van der Waals surface area contributed by atoms with Crippen molar-refractivity contribution in [3.05, 3.63) is 95.6 Å². The number of ether oxygens (including phenoxy) is 3. The Morgan fingerprint density at radius 1 is 0.844 bits per heavy atom. The van der Waals surface area contributed by atoms with E-state index in [9.17, 15) is 0 Å². The van der Waals surface area contributed by atoms with Crippen LogP contribution in [0.3, 0.4) is 0 Å². The third-order valence-electron chi connectivity index (χ3n) is 6.18. The first-order valence-corrected chi connectivity index (χ1v) is 11.3. The SMILES string of the molecule is CN(CCc1ccc2c(c1)OCCO2)C(C)(C)COC(c1ccccc1)c1ccccc1. The third-order valence-corrected chi connectivity index (χ3v) is 6.18. The first-order valence-electron chi connectivity index (χ1n) is 11.3. The lowest BCUT2D eigenvalue weighted by molar-refractivity contribution is -0.00413. The molecule has 0 bridgehead atoms. The number of fused-ring (bicyclic) bond motifs is 1. The minimum absolute atomic E-state index is 0.0807. The molecule has 0 saturated heterocycles. The van der Waals surface area contributed by atoms with Crippen molar-refractivity contribution in [1.82, 2.24) is 4.90 Å². The summed E-state index contributed by atoms with van der Waals surface area (Å²) in [4.78, 5) is 2.37. The van der Waals surface area contributed by atoms with Gasteiger partial charge in [-0.25, -0.2) is 0 Å². The lowest BCUT2D eigenvalue weighted by Gasteiger charge is -2.37. The molecule has 0 amide bonds. The van der Waals surface area contributed by atoms with Crippen LogP contribution in [-0.2, 0) is 11.2 Å². The van der Waals surface area contributed by atoms with Crippen LogP contribution < -0.4 is 9.47 Å². The molecule has 1 aliphatic rings. The molecule has 0 saturated carbocycles. The third kappa shape index (κ3) is 5.50. The molecule has 3 aromatic carbocycles.